The Morgan fingerprint density at radius 3 is 1.11 bits per heavy atom. The van der Waals surface area contributed by atoms with Crippen LogP contribution in [0.4, 0.5) is 0 Å². The van der Waals surface area contributed by atoms with Crippen molar-refractivity contribution in [2.45, 2.75) is 202 Å². The van der Waals surface area contributed by atoms with Crippen LogP contribution in [0.3, 0.4) is 0 Å². The lowest BCUT2D eigenvalue weighted by Crippen LogP contribution is -2.62. The lowest BCUT2D eigenvalue weighted by Gasteiger charge is -2.31. The van der Waals surface area contributed by atoms with Gasteiger partial charge in [-0.2, -0.15) is 0 Å². The molecule has 12 amide bonds. The number of aliphatic carboxylic acids is 1. The molecule has 0 heterocycles. The van der Waals surface area contributed by atoms with Gasteiger partial charge in [-0.05, 0) is 67.2 Å². The molecule has 0 fully saturated rings. The summed E-state index contributed by atoms with van der Waals surface area (Å²) in [7, 11) is 0. The molecule has 0 radical (unpaired) electrons. The third-order valence-corrected chi connectivity index (χ3v) is 14.8. The van der Waals surface area contributed by atoms with Crippen molar-refractivity contribution in [3.63, 3.8) is 0 Å². The fraction of sp³-hybridized carbons (Fsp3) is 0.772. The first-order valence-electron chi connectivity index (χ1n) is 30.5. The van der Waals surface area contributed by atoms with E-state index in [0.29, 0.717) is 19.3 Å². The molecule has 0 spiro atoms. The van der Waals surface area contributed by atoms with Crippen LogP contribution in [-0.4, -0.2) is 198 Å². The molecule has 0 saturated heterocycles. The van der Waals surface area contributed by atoms with Crippen LogP contribution in [0, 0.1) is 41.4 Å². The average Bonchev–Trinajstić information content (AvgIpc) is 3.29. The summed E-state index contributed by atoms with van der Waals surface area (Å²) in [5, 5.41) is 62.0. The summed E-state index contributed by atoms with van der Waals surface area (Å²) < 4.78 is 0. The fourth-order valence-corrected chi connectivity index (χ4v) is 8.67. The van der Waals surface area contributed by atoms with Gasteiger partial charge < -0.3 is 96.3 Å². The smallest absolute Gasteiger partial charge is 0.328 e. The van der Waals surface area contributed by atoms with E-state index in [1.807, 2.05) is 0 Å². The number of hydrogen-bond acceptors (Lipinski definition) is 19. The second-order valence-corrected chi connectivity index (χ2v) is 23.8. The van der Waals surface area contributed by atoms with Crippen LogP contribution in [0.2, 0.25) is 0 Å². The highest BCUT2D eigenvalue weighted by Crippen LogP contribution is 2.17. The summed E-state index contributed by atoms with van der Waals surface area (Å²) in [4.78, 5) is 174. The molecule has 0 aliphatic rings. The van der Waals surface area contributed by atoms with E-state index >= 15 is 0 Å². The van der Waals surface area contributed by atoms with Gasteiger partial charge in [0.25, 0.3) is 0 Å². The molecule has 0 saturated carbocycles. The number of amides is 12. The second-order valence-electron chi connectivity index (χ2n) is 23.8. The zero-order valence-electron chi connectivity index (χ0n) is 54.3. The molecule has 89 heavy (non-hydrogen) atoms. The number of carbonyl (C=O) groups is 13. The van der Waals surface area contributed by atoms with Crippen LogP contribution in [0.5, 0.6) is 0 Å². The largest absolute Gasteiger partial charge is 0.480 e. The summed E-state index contributed by atoms with van der Waals surface area (Å²) >= 11 is 0. The SMILES string of the molecule is CC[C@H](C)[C@H](NC(=O)[C@H](CCCNC(N)N)NC(=O)CNC(=O)[C@@H](NC(=O)[C@@H](NC(=O)[C@@H](NC(=O)[C@@H](NC(=O)[C@H](CO)NC(=O)CNC(=O)CN)C(C)C)C(C)C)[C@@H](C)CC)C(C)C)C(=O)N[C@H](C(=O)N[C@@H](CC(C)C)C(=O)N[C@@H](CO)C(=O)O)[C@@H](C)CC. The Morgan fingerprint density at radius 1 is 0.393 bits per heavy atom. The minimum absolute atomic E-state index is 0.0355. The molecule has 510 valence electrons. The summed E-state index contributed by atoms with van der Waals surface area (Å²) in [6.45, 7) is 20.4. The number of nitrogens with two attached hydrogens (primary N) is 3. The first kappa shape index (κ1) is 81.9. The first-order valence-corrected chi connectivity index (χ1v) is 30.5. The summed E-state index contributed by atoms with van der Waals surface area (Å²) in [6.07, 6.45) is 0.417. The lowest BCUT2D eigenvalue weighted by atomic mass is 9.94. The highest BCUT2D eigenvalue weighted by molar-refractivity contribution is 5.99. The van der Waals surface area contributed by atoms with Crippen LogP contribution >= 0.6 is 0 Å². The van der Waals surface area contributed by atoms with E-state index in [1.165, 1.54) is 0 Å². The number of rotatable bonds is 43. The second kappa shape index (κ2) is 42.0. The molecule has 0 unspecified atom stereocenters. The standard InChI is InChI=1S/C57H106N16O16/c1-15-31(12)44(53(85)66-35(21-27(4)5)48(80)67-37(26-75)56(88)89)73-55(87)45(32(13)16-2)71-47(79)34(19-18-20-61-57(59)60)64-40(78)24-63-50(82)41(28(6)7)69-54(86)46(33(14)17-3)72-52(84)43(30(10)11)70-51(83)42(29(8)9)68-49(81)36(25-74)65-39(77)23-62-38(76)22-58/h27-37,41-46,57,61,74-75H,15-26,58-60H2,1-14H3,(H,62,76)(H,63,82)(H,64,78)(H,65,77)(H,66,85)(H,67,80)(H,68,81)(H,69,86)(H,70,83)(H,71,79)(H,72,84)(H,73,87)(H,88,89)/t31-,32-,33-,34-,35-,36-,37-,41-,42-,43-,44-,45-,46-/m0/s1. The molecular formula is C57H106N16O16. The van der Waals surface area contributed by atoms with E-state index in [-0.39, 0.29) is 38.3 Å². The third-order valence-electron chi connectivity index (χ3n) is 14.8. The van der Waals surface area contributed by atoms with Crippen molar-refractivity contribution < 1.29 is 77.6 Å². The van der Waals surface area contributed by atoms with Crippen molar-refractivity contribution >= 4 is 76.9 Å². The van der Waals surface area contributed by atoms with E-state index in [1.54, 1.807) is 96.9 Å². The van der Waals surface area contributed by atoms with Crippen LogP contribution < -0.4 is 86.3 Å². The van der Waals surface area contributed by atoms with E-state index < -0.39 is 205 Å². The Kier molecular flexibility index (Phi) is 38.6. The molecule has 0 aliphatic carbocycles. The predicted molar refractivity (Wildman–Crippen MR) is 328 cm³/mol. The van der Waals surface area contributed by atoms with E-state index in [2.05, 4.69) is 69.1 Å². The number of carbonyl (C=O) groups excluding carboxylic acids is 12. The molecule has 0 aromatic rings. The number of nitrogens with one attached hydrogen (secondary N) is 13. The molecule has 13 atom stereocenters. The summed E-state index contributed by atoms with van der Waals surface area (Å²) in [5.74, 6) is -14.7. The zero-order chi connectivity index (χ0) is 68.6. The molecule has 22 N–H and O–H groups in total. The number of aliphatic hydroxyl groups is 2. The third kappa shape index (κ3) is 29.8. The van der Waals surface area contributed by atoms with Gasteiger partial charge >= 0.3 is 5.97 Å². The van der Waals surface area contributed by atoms with Gasteiger partial charge in [-0.3, -0.25) is 62.9 Å². The molecule has 0 rings (SSSR count). The minimum atomic E-state index is -1.64. The highest BCUT2D eigenvalue weighted by Gasteiger charge is 2.39. The molecule has 0 aromatic carbocycles. The minimum Gasteiger partial charge on any atom is -0.480 e. The van der Waals surface area contributed by atoms with Gasteiger partial charge in [0.1, 0.15) is 66.7 Å². The fourth-order valence-electron chi connectivity index (χ4n) is 8.67. The lowest BCUT2D eigenvalue weighted by molar-refractivity contribution is -0.143. The maximum atomic E-state index is 14.3. The topological polar surface area (TPSA) is 517 Å². The van der Waals surface area contributed by atoms with Gasteiger partial charge in [0.2, 0.25) is 70.9 Å². The Morgan fingerprint density at radius 2 is 0.730 bits per heavy atom. The molecule has 0 aromatic heterocycles. The maximum Gasteiger partial charge on any atom is 0.328 e. The van der Waals surface area contributed by atoms with Crippen molar-refractivity contribution in [2.24, 2.45) is 58.6 Å². The Bertz CT molecular complexity index is 2340. The highest BCUT2D eigenvalue weighted by atomic mass is 16.4. The molecule has 32 heteroatoms. The molecule has 0 aliphatic heterocycles. The maximum absolute atomic E-state index is 14.3. The zero-order valence-corrected chi connectivity index (χ0v) is 54.3. The van der Waals surface area contributed by atoms with Crippen LogP contribution in [0.25, 0.3) is 0 Å². The van der Waals surface area contributed by atoms with Crippen molar-refractivity contribution in [2.75, 3.05) is 39.4 Å². The van der Waals surface area contributed by atoms with Crippen molar-refractivity contribution in [3.05, 3.63) is 0 Å². The van der Waals surface area contributed by atoms with Crippen LogP contribution in [0.1, 0.15) is 135 Å². The Labute approximate surface area is 522 Å². The number of aliphatic hydroxyl groups excluding tert-OH is 2. The Balaban J connectivity index is 6.55. The number of hydrogen-bond donors (Lipinski definition) is 19. The van der Waals surface area contributed by atoms with Crippen molar-refractivity contribution in [1.82, 2.24) is 69.1 Å². The average molecular weight is 1270 g/mol. The van der Waals surface area contributed by atoms with Crippen molar-refractivity contribution in [3.8, 4) is 0 Å². The summed E-state index contributed by atoms with van der Waals surface area (Å²) in [6, 6.07) is -13.4. The quantitative estimate of drug-likeness (QED) is 0.0200. The van der Waals surface area contributed by atoms with Gasteiger partial charge in [0.15, 0.2) is 0 Å². The van der Waals surface area contributed by atoms with Gasteiger partial charge in [0.05, 0.1) is 32.8 Å². The summed E-state index contributed by atoms with van der Waals surface area (Å²) in [5.41, 5.74) is 16.5. The van der Waals surface area contributed by atoms with Crippen LogP contribution in [0.15, 0.2) is 0 Å². The number of carboxylic acid groups (broad SMARTS) is 1. The molecular weight excluding hydrogens is 1160 g/mol. The van der Waals surface area contributed by atoms with Gasteiger partial charge in [0, 0.05) is 0 Å². The van der Waals surface area contributed by atoms with Crippen molar-refractivity contribution in [1.29, 1.82) is 0 Å². The number of carboxylic acids is 1. The normalized spacial score (nSPS) is 15.8. The first-order chi connectivity index (χ1) is 41.5. The molecule has 32 nitrogen and oxygen atoms in total. The molecule has 0 bridgehead atoms. The van der Waals surface area contributed by atoms with E-state index in [9.17, 15) is 77.6 Å². The van der Waals surface area contributed by atoms with Gasteiger partial charge in [-0.25, -0.2) is 4.79 Å². The van der Waals surface area contributed by atoms with Gasteiger partial charge in [-0.15, -0.1) is 0 Å². The van der Waals surface area contributed by atoms with Crippen LogP contribution in [-0.2, 0) is 62.3 Å². The van der Waals surface area contributed by atoms with E-state index in [0.717, 1.165) is 0 Å². The monoisotopic (exact) mass is 1270 g/mol. The predicted octanol–water partition coefficient (Wildman–Crippen LogP) is -5.18. The Hall–Kier alpha value is -7.13. The van der Waals surface area contributed by atoms with Gasteiger partial charge in [-0.1, -0.05) is 116 Å². The van der Waals surface area contributed by atoms with E-state index in [4.69, 9.17) is 17.2 Å².